The molecule has 1 aliphatic carbocycles. The molecule has 0 amide bonds. The second kappa shape index (κ2) is 8.93. The molecule has 3 N–H and O–H groups in total. The average Bonchev–Trinajstić information content (AvgIpc) is 2.54. The first-order valence-electron chi connectivity index (χ1n) is 7.67. The highest BCUT2D eigenvalue weighted by Crippen LogP contribution is 2.17. The van der Waals surface area contributed by atoms with Crippen LogP contribution in [0.25, 0.3) is 0 Å². The van der Waals surface area contributed by atoms with Gasteiger partial charge < -0.3 is 11.1 Å². The number of hydrogen-bond donors (Lipinski definition) is 2. The summed E-state index contributed by atoms with van der Waals surface area (Å²) in [4.78, 5) is 0. The van der Waals surface area contributed by atoms with Gasteiger partial charge in [0.2, 0.25) is 0 Å². The summed E-state index contributed by atoms with van der Waals surface area (Å²) in [6.07, 6.45) is 12.3. The number of rotatable bonds is 7. The maximum Gasteiger partial charge on any atom is 0.00671 e. The van der Waals surface area contributed by atoms with Gasteiger partial charge in [-0.05, 0) is 45.1 Å². The van der Waals surface area contributed by atoms with E-state index in [4.69, 9.17) is 5.73 Å². The molecule has 0 aliphatic heterocycles. The average molecular weight is 240 g/mol. The van der Waals surface area contributed by atoms with Gasteiger partial charge >= 0.3 is 0 Å². The van der Waals surface area contributed by atoms with Gasteiger partial charge in [-0.3, -0.25) is 0 Å². The molecule has 0 radical (unpaired) electrons. The van der Waals surface area contributed by atoms with Crippen LogP contribution in [0.4, 0.5) is 0 Å². The van der Waals surface area contributed by atoms with Gasteiger partial charge in [0.05, 0.1) is 0 Å². The Morgan fingerprint density at radius 2 is 1.71 bits per heavy atom. The summed E-state index contributed by atoms with van der Waals surface area (Å²) in [5.74, 6) is 0.803. The minimum absolute atomic E-state index is 0.372. The van der Waals surface area contributed by atoms with E-state index in [1.165, 1.54) is 64.3 Å². The Kier molecular flexibility index (Phi) is 7.87. The van der Waals surface area contributed by atoms with Crippen molar-refractivity contribution in [3.63, 3.8) is 0 Å². The van der Waals surface area contributed by atoms with Crippen LogP contribution < -0.4 is 11.1 Å². The monoisotopic (exact) mass is 240 g/mol. The van der Waals surface area contributed by atoms with Crippen LogP contribution in [-0.4, -0.2) is 18.6 Å². The van der Waals surface area contributed by atoms with Crippen molar-refractivity contribution in [1.82, 2.24) is 5.32 Å². The maximum absolute atomic E-state index is 5.77. The zero-order valence-electron chi connectivity index (χ0n) is 11.9. The van der Waals surface area contributed by atoms with Gasteiger partial charge in [0, 0.05) is 12.1 Å². The van der Waals surface area contributed by atoms with Crippen LogP contribution in [-0.2, 0) is 0 Å². The van der Waals surface area contributed by atoms with E-state index in [1.807, 2.05) is 0 Å². The van der Waals surface area contributed by atoms with Gasteiger partial charge in [0.15, 0.2) is 0 Å². The first kappa shape index (κ1) is 15.0. The molecule has 1 saturated carbocycles. The minimum atomic E-state index is 0.372. The van der Waals surface area contributed by atoms with E-state index in [0.29, 0.717) is 6.04 Å². The Morgan fingerprint density at radius 3 is 2.29 bits per heavy atom. The van der Waals surface area contributed by atoms with Gasteiger partial charge in [0.25, 0.3) is 0 Å². The molecule has 2 nitrogen and oxygen atoms in total. The van der Waals surface area contributed by atoms with Gasteiger partial charge in [-0.25, -0.2) is 0 Å². The summed E-state index contributed by atoms with van der Waals surface area (Å²) in [5, 5.41) is 3.77. The zero-order chi connectivity index (χ0) is 12.5. The van der Waals surface area contributed by atoms with Crippen LogP contribution in [0.1, 0.15) is 71.6 Å². The van der Waals surface area contributed by atoms with Gasteiger partial charge in [0.1, 0.15) is 0 Å². The van der Waals surface area contributed by atoms with Crippen molar-refractivity contribution in [1.29, 1.82) is 0 Å². The summed E-state index contributed by atoms with van der Waals surface area (Å²) in [6, 6.07) is 1.17. The van der Waals surface area contributed by atoms with Crippen molar-refractivity contribution in [2.24, 2.45) is 11.7 Å². The lowest BCUT2D eigenvalue weighted by Crippen LogP contribution is -2.32. The highest BCUT2D eigenvalue weighted by atomic mass is 14.9. The normalized spacial score (nSPS) is 22.1. The second-order valence-corrected chi connectivity index (χ2v) is 6.11. The van der Waals surface area contributed by atoms with E-state index in [1.54, 1.807) is 0 Å². The summed E-state index contributed by atoms with van der Waals surface area (Å²) >= 11 is 0. The Bertz CT molecular complexity index is 172. The van der Waals surface area contributed by atoms with E-state index in [-0.39, 0.29) is 0 Å². The Hall–Kier alpha value is -0.0800. The quantitative estimate of drug-likeness (QED) is 0.669. The molecule has 2 atom stereocenters. The largest absolute Gasteiger partial charge is 0.328 e. The molecular weight excluding hydrogens is 208 g/mol. The lowest BCUT2D eigenvalue weighted by molar-refractivity contribution is 0.390. The molecule has 102 valence electrons. The molecular formula is C15H32N2. The van der Waals surface area contributed by atoms with Gasteiger partial charge in [-0.2, -0.15) is 0 Å². The third kappa shape index (κ3) is 7.77. The van der Waals surface area contributed by atoms with Crippen LogP contribution >= 0.6 is 0 Å². The molecule has 0 saturated heterocycles. The number of nitrogens with one attached hydrogen (secondary N) is 1. The van der Waals surface area contributed by atoms with E-state index < -0.39 is 0 Å². The first-order valence-corrected chi connectivity index (χ1v) is 7.67. The SMILES string of the molecule is CC(N)CCCC(C)CNC1CCCCCC1. The molecule has 0 spiro atoms. The van der Waals surface area contributed by atoms with E-state index in [9.17, 15) is 0 Å². The first-order chi connectivity index (χ1) is 8.18. The summed E-state index contributed by atoms with van der Waals surface area (Å²) in [6.45, 7) is 5.67. The molecule has 1 fully saturated rings. The molecule has 0 aromatic heterocycles. The highest BCUT2D eigenvalue weighted by Gasteiger charge is 2.12. The van der Waals surface area contributed by atoms with Crippen molar-refractivity contribution in [3.05, 3.63) is 0 Å². The molecule has 0 bridgehead atoms. The minimum Gasteiger partial charge on any atom is -0.328 e. The molecule has 0 aromatic rings. The molecule has 17 heavy (non-hydrogen) atoms. The fourth-order valence-electron chi connectivity index (χ4n) is 2.74. The third-order valence-corrected chi connectivity index (χ3v) is 3.97. The standard InChI is InChI=1S/C15H32N2/c1-13(8-7-9-14(2)16)12-17-15-10-5-3-4-6-11-15/h13-15,17H,3-12,16H2,1-2H3. The van der Waals surface area contributed by atoms with Gasteiger partial charge in [-0.1, -0.05) is 39.0 Å². The molecule has 0 aromatic carbocycles. The molecule has 2 heteroatoms. The lowest BCUT2D eigenvalue weighted by Gasteiger charge is -2.19. The molecule has 0 heterocycles. The Morgan fingerprint density at radius 1 is 1.06 bits per heavy atom. The van der Waals surface area contributed by atoms with Crippen molar-refractivity contribution >= 4 is 0 Å². The topological polar surface area (TPSA) is 38.0 Å². The maximum atomic E-state index is 5.77. The van der Waals surface area contributed by atoms with Crippen LogP contribution in [0.15, 0.2) is 0 Å². The molecule has 1 aliphatic rings. The predicted octanol–water partition coefficient (Wildman–Crippen LogP) is 3.45. The van der Waals surface area contributed by atoms with Gasteiger partial charge in [-0.15, -0.1) is 0 Å². The second-order valence-electron chi connectivity index (χ2n) is 6.11. The third-order valence-electron chi connectivity index (χ3n) is 3.97. The van der Waals surface area contributed by atoms with E-state index in [2.05, 4.69) is 19.2 Å². The fourth-order valence-corrected chi connectivity index (χ4v) is 2.74. The van der Waals surface area contributed by atoms with Crippen LogP contribution in [0.3, 0.4) is 0 Å². The molecule has 1 rings (SSSR count). The van der Waals surface area contributed by atoms with E-state index >= 15 is 0 Å². The summed E-state index contributed by atoms with van der Waals surface area (Å²) in [5.41, 5.74) is 5.77. The summed E-state index contributed by atoms with van der Waals surface area (Å²) < 4.78 is 0. The van der Waals surface area contributed by atoms with Crippen LogP contribution in [0, 0.1) is 5.92 Å². The molecule has 2 unspecified atom stereocenters. The van der Waals surface area contributed by atoms with Crippen molar-refractivity contribution in [2.75, 3.05) is 6.54 Å². The predicted molar refractivity (Wildman–Crippen MR) is 76.2 cm³/mol. The Balaban J connectivity index is 2.03. The van der Waals surface area contributed by atoms with Crippen molar-refractivity contribution < 1.29 is 0 Å². The fraction of sp³-hybridized carbons (Fsp3) is 1.00. The number of hydrogen-bond acceptors (Lipinski definition) is 2. The van der Waals surface area contributed by atoms with Crippen molar-refractivity contribution in [3.8, 4) is 0 Å². The van der Waals surface area contributed by atoms with E-state index in [0.717, 1.165) is 12.0 Å². The highest BCUT2D eigenvalue weighted by molar-refractivity contribution is 4.72. The van der Waals surface area contributed by atoms with Crippen molar-refractivity contribution in [2.45, 2.75) is 83.7 Å². The van der Waals surface area contributed by atoms with Crippen LogP contribution in [0.2, 0.25) is 0 Å². The lowest BCUT2D eigenvalue weighted by atomic mass is 10.0. The summed E-state index contributed by atoms with van der Waals surface area (Å²) in [7, 11) is 0. The smallest absolute Gasteiger partial charge is 0.00671 e. The Labute approximate surface area is 108 Å². The number of nitrogens with two attached hydrogens (primary N) is 1. The zero-order valence-corrected chi connectivity index (χ0v) is 11.9. The van der Waals surface area contributed by atoms with Crippen LogP contribution in [0.5, 0.6) is 0 Å².